The summed E-state index contributed by atoms with van der Waals surface area (Å²) < 4.78 is 48.1. The number of aromatic nitrogens is 2. The van der Waals surface area contributed by atoms with Gasteiger partial charge in [0.2, 0.25) is 5.56 Å². The number of aromatic amines is 2. The van der Waals surface area contributed by atoms with Crippen LogP contribution in [-0.4, -0.2) is 33.5 Å². The number of hydrogen-bond acceptors (Lipinski definition) is 3. The van der Waals surface area contributed by atoms with Crippen molar-refractivity contribution in [2.45, 2.75) is 50.3 Å². The second-order valence-electron chi connectivity index (χ2n) is 8.75. The van der Waals surface area contributed by atoms with E-state index in [9.17, 15) is 23.1 Å². The monoisotopic (exact) mass is 454 g/mol. The number of fused-ring (bicyclic) bond motifs is 2. The Hall–Kier alpha value is -2.45. The summed E-state index contributed by atoms with van der Waals surface area (Å²) in [7, 11) is 0. The molecule has 0 spiro atoms. The number of alkyl halides is 3. The number of benzene rings is 1. The number of rotatable bonds is 5. The fraction of sp³-hybridized carbons (Fsp3) is 0.409. The van der Waals surface area contributed by atoms with Gasteiger partial charge in [-0.1, -0.05) is 25.4 Å². The molecule has 3 heterocycles. The minimum absolute atomic E-state index is 0.167. The van der Waals surface area contributed by atoms with Gasteiger partial charge in [0.1, 0.15) is 5.75 Å². The summed E-state index contributed by atoms with van der Waals surface area (Å²) in [6, 6.07) is 7.55. The topological polar surface area (TPSA) is 78.1 Å². The van der Waals surface area contributed by atoms with Gasteiger partial charge in [0, 0.05) is 35.2 Å². The number of aliphatic hydroxyl groups is 1. The molecule has 3 aromatic rings. The standard InChI is InChI=1S/C22H22ClF3N2O3/c1-20(2,15-8-13(23)7-12-5-6-31-19(12)15)11-21(30,22(24,25)26)10-14-9-17-16(27-14)3-4-18(29)28-17/h3-4,7-9,27,30H,5-6,10-11H2,1-2H3,(H,28,29). The summed E-state index contributed by atoms with van der Waals surface area (Å²) in [5.41, 5.74) is -2.05. The number of ether oxygens (including phenoxy) is 1. The Balaban J connectivity index is 1.71. The van der Waals surface area contributed by atoms with Crippen LogP contribution in [0.5, 0.6) is 5.75 Å². The first-order valence-electron chi connectivity index (χ1n) is 9.84. The highest BCUT2D eigenvalue weighted by atomic mass is 35.5. The molecule has 4 rings (SSSR count). The van der Waals surface area contributed by atoms with Gasteiger partial charge in [-0.3, -0.25) is 4.79 Å². The molecule has 1 aliphatic rings. The Morgan fingerprint density at radius 2 is 1.87 bits per heavy atom. The van der Waals surface area contributed by atoms with Crippen LogP contribution in [0.3, 0.4) is 0 Å². The predicted octanol–water partition coefficient (Wildman–Crippen LogP) is 4.65. The van der Waals surface area contributed by atoms with Crippen LogP contribution >= 0.6 is 11.6 Å². The lowest BCUT2D eigenvalue weighted by Gasteiger charge is -2.38. The number of pyridine rings is 1. The second-order valence-corrected chi connectivity index (χ2v) is 9.19. The Kier molecular flexibility index (Phi) is 5.13. The van der Waals surface area contributed by atoms with Crippen LogP contribution in [0, 0.1) is 0 Å². The molecule has 0 saturated heterocycles. The predicted molar refractivity (Wildman–Crippen MR) is 112 cm³/mol. The molecule has 0 bridgehead atoms. The lowest BCUT2D eigenvalue weighted by molar-refractivity contribution is -0.266. The number of nitrogens with one attached hydrogen (secondary N) is 2. The molecule has 1 atom stereocenters. The van der Waals surface area contributed by atoms with E-state index in [1.165, 1.54) is 18.2 Å². The second kappa shape index (κ2) is 7.31. The smallest absolute Gasteiger partial charge is 0.417 e. The summed E-state index contributed by atoms with van der Waals surface area (Å²) in [6.45, 7) is 3.72. The number of hydrogen-bond donors (Lipinski definition) is 3. The minimum Gasteiger partial charge on any atom is -0.493 e. The summed E-state index contributed by atoms with van der Waals surface area (Å²) >= 11 is 6.21. The zero-order chi connectivity index (χ0) is 22.6. The van der Waals surface area contributed by atoms with Crippen molar-refractivity contribution in [1.29, 1.82) is 0 Å². The maximum absolute atomic E-state index is 14.1. The van der Waals surface area contributed by atoms with Crippen molar-refractivity contribution in [3.8, 4) is 5.75 Å². The third-order valence-electron chi connectivity index (χ3n) is 5.79. The summed E-state index contributed by atoms with van der Waals surface area (Å²) in [6.07, 6.45) is -5.56. The SMILES string of the molecule is CC(C)(CC(O)(Cc1cc2[nH]c(=O)ccc2[nH]1)C(F)(F)F)c1cc(Cl)cc2c1OCC2. The highest BCUT2D eigenvalue weighted by Gasteiger charge is 2.56. The van der Waals surface area contributed by atoms with E-state index in [-0.39, 0.29) is 11.3 Å². The van der Waals surface area contributed by atoms with Crippen LogP contribution in [0.2, 0.25) is 5.02 Å². The van der Waals surface area contributed by atoms with E-state index < -0.39 is 30.0 Å². The lowest BCUT2D eigenvalue weighted by atomic mass is 9.73. The first-order chi connectivity index (χ1) is 14.4. The average molecular weight is 455 g/mol. The van der Waals surface area contributed by atoms with E-state index in [0.717, 1.165) is 5.56 Å². The normalized spacial score (nSPS) is 16.2. The van der Waals surface area contributed by atoms with E-state index in [1.54, 1.807) is 26.0 Å². The van der Waals surface area contributed by atoms with Crippen molar-refractivity contribution in [3.63, 3.8) is 0 Å². The molecule has 166 valence electrons. The van der Waals surface area contributed by atoms with Crippen LogP contribution in [-0.2, 0) is 18.3 Å². The Morgan fingerprint density at radius 1 is 1.13 bits per heavy atom. The molecule has 1 unspecified atom stereocenters. The first kappa shape index (κ1) is 21.8. The van der Waals surface area contributed by atoms with Crippen LogP contribution in [0.1, 0.15) is 37.1 Å². The van der Waals surface area contributed by atoms with E-state index in [1.807, 2.05) is 0 Å². The van der Waals surface area contributed by atoms with E-state index in [0.29, 0.717) is 40.4 Å². The first-order valence-corrected chi connectivity index (χ1v) is 10.2. The summed E-state index contributed by atoms with van der Waals surface area (Å²) in [5.74, 6) is 0.544. The molecule has 0 amide bonds. The molecule has 1 aromatic carbocycles. The van der Waals surface area contributed by atoms with Crippen LogP contribution < -0.4 is 10.3 Å². The Labute approximate surface area is 181 Å². The van der Waals surface area contributed by atoms with Gasteiger partial charge in [0.05, 0.1) is 17.6 Å². The van der Waals surface area contributed by atoms with Crippen molar-refractivity contribution < 1.29 is 23.0 Å². The minimum atomic E-state index is -4.89. The molecular formula is C22H22ClF3N2O3. The van der Waals surface area contributed by atoms with Crippen molar-refractivity contribution in [1.82, 2.24) is 9.97 Å². The molecule has 0 radical (unpaired) electrons. The van der Waals surface area contributed by atoms with Crippen molar-refractivity contribution in [2.75, 3.05) is 6.61 Å². The highest BCUT2D eigenvalue weighted by Crippen LogP contribution is 2.47. The average Bonchev–Trinajstić information content (AvgIpc) is 3.24. The van der Waals surface area contributed by atoms with Crippen LogP contribution in [0.25, 0.3) is 11.0 Å². The van der Waals surface area contributed by atoms with Gasteiger partial charge < -0.3 is 19.8 Å². The Bertz CT molecular complexity index is 1200. The quantitative estimate of drug-likeness (QED) is 0.525. The molecule has 9 heteroatoms. The molecule has 0 aliphatic carbocycles. The molecule has 0 saturated carbocycles. The third-order valence-corrected chi connectivity index (χ3v) is 6.00. The molecule has 31 heavy (non-hydrogen) atoms. The molecule has 1 aliphatic heterocycles. The molecule has 0 fully saturated rings. The fourth-order valence-corrected chi connectivity index (χ4v) is 4.61. The van der Waals surface area contributed by atoms with Crippen LogP contribution in [0.4, 0.5) is 13.2 Å². The van der Waals surface area contributed by atoms with E-state index in [2.05, 4.69) is 9.97 Å². The van der Waals surface area contributed by atoms with Gasteiger partial charge in [-0.15, -0.1) is 0 Å². The van der Waals surface area contributed by atoms with Gasteiger partial charge in [-0.2, -0.15) is 13.2 Å². The van der Waals surface area contributed by atoms with Gasteiger partial charge >= 0.3 is 6.18 Å². The van der Waals surface area contributed by atoms with Gasteiger partial charge in [-0.25, -0.2) is 0 Å². The molecular weight excluding hydrogens is 433 g/mol. The molecule has 3 N–H and O–H groups in total. The highest BCUT2D eigenvalue weighted by molar-refractivity contribution is 6.30. The maximum Gasteiger partial charge on any atom is 0.417 e. The lowest BCUT2D eigenvalue weighted by Crippen LogP contribution is -2.51. The zero-order valence-electron chi connectivity index (χ0n) is 17.0. The summed E-state index contributed by atoms with van der Waals surface area (Å²) in [4.78, 5) is 16.9. The largest absolute Gasteiger partial charge is 0.493 e. The maximum atomic E-state index is 14.1. The van der Waals surface area contributed by atoms with Gasteiger partial charge in [0.25, 0.3) is 0 Å². The van der Waals surface area contributed by atoms with Gasteiger partial charge in [0.15, 0.2) is 5.60 Å². The van der Waals surface area contributed by atoms with Crippen molar-refractivity contribution in [3.05, 3.63) is 62.5 Å². The van der Waals surface area contributed by atoms with E-state index >= 15 is 0 Å². The fourth-order valence-electron chi connectivity index (χ4n) is 4.37. The zero-order valence-corrected chi connectivity index (χ0v) is 17.7. The van der Waals surface area contributed by atoms with Crippen molar-refractivity contribution in [2.24, 2.45) is 0 Å². The van der Waals surface area contributed by atoms with Crippen LogP contribution in [0.15, 0.2) is 35.1 Å². The molecule has 5 nitrogen and oxygen atoms in total. The summed E-state index contributed by atoms with van der Waals surface area (Å²) in [5, 5.41) is 11.3. The third kappa shape index (κ3) is 4.06. The van der Waals surface area contributed by atoms with Gasteiger partial charge in [-0.05, 0) is 41.7 Å². The molecule has 2 aromatic heterocycles. The van der Waals surface area contributed by atoms with E-state index in [4.69, 9.17) is 16.3 Å². The number of halogens is 4. The number of H-pyrrole nitrogens is 2. The van der Waals surface area contributed by atoms with Crippen molar-refractivity contribution >= 4 is 22.6 Å². The Morgan fingerprint density at radius 3 is 2.58 bits per heavy atom.